The third kappa shape index (κ3) is 2.06. The number of rotatable bonds is 3. The maximum atomic E-state index is 11.1. The average Bonchev–Trinajstić information content (AvgIpc) is 2.97. The van der Waals surface area contributed by atoms with Crippen LogP contribution in [0.3, 0.4) is 0 Å². The van der Waals surface area contributed by atoms with E-state index < -0.39 is 0 Å². The molecule has 1 aromatic heterocycles. The summed E-state index contributed by atoms with van der Waals surface area (Å²) in [6.07, 6.45) is 2.61. The Labute approximate surface area is 111 Å². The molecular weight excluding hydrogens is 236 g/mol. The molecular formula is C16H12N2O. The Bertz CT molecular complexity index is 702. The summed E-state index contributed by atoms with van der Waals surface area (Å²) in [5.41, 5.74) is 3.44. The van der Waals surface area contributed by atoms with Crippen molar-refractivity contribution in [1.82, 2.24) is 9.78 Å². The van der Waals surface area contributed by atoms with Crippen LogP contribution in [0.5, 0.6) is 0 Å². The van der Waals surface area contributed by atoms with Crippen LogP contribution in [0.1, 0.15) is 10.4 Å². The molecule has 0 unspecified atom stereocenters. The van der Waals surface area contributed by atoms with Gasteiger partial charge >= 0.3 is 0 Å². The van der Waals surface area contributed by atoms with Crippen molar-refractivity contribution in [3.8, 4) is 16.9 Å². The van der Waals surface area contributed by atoms with E-state index in [2.05, 4.69) is 5.10 Å². The molecule has 3 rings (SSSR count). The van der Waals surface area contributed by atoms with Crippen LogP contribution in [-0.4, -0.2) is 16.1 Å². The predicted molar refractivity (Wildman–Crippen MR) is 74.4 cm³/mol. The average molecular weight is 248 g/mol. The maximum Gasteiger partial charge on any atom is 0.150 e. The van der Waals surface area contributed by atoms with Crippen molar-refractivity contribution in [3.63, 3.8) is 0 Å². The Hall–Kier alpha value is -2.68. The first-order valence-corrected chi connectivity index (χ1v) is 6.04. The molecule has 0 saturated carbocycles. The second-order valence-electron chi connectivity index (χ2n) is 4.17. The molecule has 0 aliphatic heterocycles. The van der Waals surface area contributed by atoms with Crippen LogP contribution in [0, 0.1) is 0 Å². The quantitative estimate of drug-likeness (QED) is 0.666. The third-order valence-corrected chi connectivity index (χ3v) is 3.01. The van der Waals surface area contributed by atoms with E-state index in [0.717, 1.165) is 23.2 Å². The lowest BCUT2D eigenvalue weighted by molar-refractivity contribution is 0.112. The van der Waals surface area contributed by atoms with E-state index in [4.69, 9.17) is 0 Å². The Morgan fingerprint density at radius 2 is 1.63 bits per heavy atom. The van der Waals surface area contributed by atoms with Crippen LogP contribution >= 0.6 is 0 Å². The third-order valence-electron chi connectivity index (χ3n) is 3.01. The van der Waals surface area contributed by atoms with E-state index in [9.17, 15) is 4.79 Å². The first kappa shape index (κ1) is 11.4. The summed E-state index contributed by atoms with van der Waals surface area (Å²) in [6.45, 7) is 0. The monoisotopic (exact) mass is 248 g/mol. The van der Waals surface area contributed by atoms with E-state index in [1.807, 2.05) is 65.3 Å². The smallest absolute Gasteiger partial charge is 0.150 e. The Morgan fingerprint density at radius 1 is 0.895 bits per heavy atom. The molecule has 0 amide bonds. The van der Waals surface area contributed by atoms with Gasteiger partial charge in [-0.25, -0.2) is 4.68 Å². The zero-order chi connectivity index (χ0) is 13.1. The molecule has 0 N–H and O–H groups in total. The van der Waals surface area contributed by atoms with Gasteiger partial charge in [-0.15, -0.1) is 0 Å². The van der Waals surface area contributed by atoms with Gasteiger partial charge in [-0.3, -0.25) is 4.79 Å². The van der Waals surface area contributed by atoms with Gasteiger partial charge in [0.1, 0.15) is 0 Å². The van der Waals surface area contributed by atoms with Gasteiger partial charge < -0.3 is 0 Å². The van der Waals surface area contributed by atoms with Crippen molar-refractivity contribution in [2.75, 3.05) is 0 Å². The van der Waals surface area contributed by atoms with E-state index >= 15 is 0 Å². The first-order valence-electron chi connectivity index (χ1n) is 6.04. The van der Waals surface area contributed by atoms with E-state index in [-0.39, 0.29) is 0 Å². The van der Waals surface area contributed by atoms with Crippen molar-refractivity contribution in [3.05, 3.63) is 72.4 Å². The number of carbonyl (C=O) groups is 1. The SMILES string of the molecule is O=Cc1ccccc1-c1ccnn1-c1ccccc1. The zero-order valence-corrected chi connectivity index (χ0v) is 10.2. The fraction of sp³-hybridized carbons (Fsp3) is 0. The molecule has 3 heteroatoms. The highest BCUT2D eigenvalue weighted by atomic mass is 16.1. The minimum Gasteiger partial charge on any atom is -0.298 e. The predicted octanol–water partition coefficient (Wildman–Crippen LogP) is 3.35. The number of hydrogen-bond acceptors (Lipinski definition) is 2. The van der Waals surface area contributed by atoms with Crippen LogP contribution in [0.15, 0.2) is 66.9 Å². The van der Waals surface area contributed by atoms with Crippen molar-refractivity contribution < 1.29 is 4.79 Å². The van der Waals surface area contributed by atoms with Gasteiger partial charge in [-0.05, 0) is 18.2 Å². The van der Waals surface area contributed by atoms with Gasteiger partial charge in [0.25, 0.3) is 0 Å². The van der Waals surface area contributed by atoms with Gasteiger partial charge in [-0.1, -0.05) is 42.5 Å². The molecule has 2 aromatic carbocycles. The van der Waals surface area contributed by atoms with Gasteiger partial charge in [0.15, 0.2) is 6.29 Å². The van der Waals surface area contributed by atoms with Crippen LogP contribution in [-0.2, 0) is 0 Å². The van der Waals surface area contributed by atoms with Crippen LogP contribution < -0.4 is 0 Å². The van der Waals surface area contributed by atoms with Crippen molar-refractivity contribution >= 4 is 6.29 Å². The number of hydrogen-bond donors (Lipinski definition) is 0. The van der Waals surface area contributed by atoms with Crippen molar-refractivity contribution in [1.29, 1.82) is 0 Å². The maximum absolute atomic E-state index is 11.1. The normalized spacial score (nSPS) is 10.3. The molecule has 0 aliphatic rings. The number of aromatic nitrogens is 2. The lowest BCUT2D eigenvalue weighted by atomic mass is 10.1. The Morgan fingerprint density at radius 3 is 2.42 bits per heavy atom. The largest absolute Gasteiger partial charge is 0.298 e. The van der Waals surface area contributed by atoms with Crippen LogP contribution in [0.2, 0.25) is 0 Å². The molecule has 0 saturated heterocycles. The zero-order valence-electron chi connectivity index (χ0n) is 10.2. The molecule has 92 valence electrons. The molecule has 0 bridgehead atoms. The molecule has 1 heterocycles. The fourth-order valence-corrected chi connectivity index (χ4v) is 2.12. The summed E-state index contributed by atoms with van der Waals surface area (Å²) >= 11 is 0. The topological polar surface area (TPSA) is 34.9 Å². The molecule has 3 nitrogen and oxygen atoms in total. The summed E-state index contributed by atoms with van der Waals surface area (Å²) in [6, 6.07) is 19.3. The Balaban J connectivity index is 2.18. The highest BCUT2D eigenvalue weighted by Crippen LogP contribution is 2.24. The lowest BCUT2D eigenvalue weighted by Gasteiger charge is -2.09. The van der Waals surface area contributed by atoms with Crippen LogP contribution in [0.25, 0.3) is 16.9 Å². The summed E-state index contributed by atoms with van der Waals surface area (Å²) in [4.78, 5) is 11.1. The number of carbonyl (C=O) groups excluding carboxylic acids is 1. The molecule has 0 fully saturated rings. The summed E-state index contributed by atoms with van der Waals surface area (Å²) < 4.78 is 1.84. The number of nitrogens with zero attached hydrogens (tertiary/aromatic N) is 2. The van der Waals surface area contributed by atoms with Gasteiger partial charge in [0.2, 0.25) is 0 Å². The molecule has 0 radical (unpaired) electrons. The van der Waals surface area contributed by atoms with Crippen LogP contribution in [0.4, 0.5) is 0 Å². The highest BCUT2D eigenvalue weighted by Gasteiger charge is 2.10. The van der Waals surface area contributed by atoms with Gasteiger partial charge in [-0.2, -0.15) is 5.10 Å². The summed E-state index contributed by atoms with van der Waals surface area (Å²) in [5, 5.41) is 4.34. The molecule has 3 aromatic rings. The van der Waals surface area contributed by atoms with E-state index in [0.29, 0.717) is 5.56 Å². The van der Waals surface area contributed by atoms with Gasteiger partial charge in [0, 0.05) is 11.1 Å². The summed E-state index contributed by atoms with van der Waals surface area (Å²) in [5.74, 6) is 0. The molecule has 0 aliphatic carbocycles. The lowest BCUT2D eigenvalue weighted by Crippen LogP contribution is -2.00. The van der Waals surface area contributed by atoms with Crippen molar-refractivity contribution in [2.24, 2.45) is 0 Å². The number of benzene rings is 2. The minimum atomic E-state index is 0.667. The molecule has 0 atom stereocenters. The number of para-hydroxylation sites is 1. The summed E-state index contributed by atoms with van der Waals surface area (Å²) in [7, 11) is 0. The minimum absolute atomic E-state index is 0.667. The van der Waals surface area contributed by atoms with E-state index in [1.165, 1.54) is 0 Å². The van der Waals surface area contributed by atoms with Crippen molar-refractivity contribution in [2.45, 2.75) is 0 Å². The fourth-order valence-electron chi connectivity index (χ4n) is 2.12. The number of aldehydes is 1. The second-order valence-corrected chi connectivity index (χ2v) is 4.17. The van der Waals surface area contributed by atoms with Gasteiger partial charge in [0.05, 0.1) is 17.6 Å². The first-order chi connectivity index (χ1) is 9.40. The standard InChI is InChI=1S/C16H12N2O/c19-12-13-6-4-5-9-15(13)16-10-11-17-18(16)14-7-2-1-3-8-14/h1-12H. The second kappa shape index (κ2) is 4.90. The Kier molecular flexibility index (Phi) is 2.94. The van der Waals surface area contributed by atoms with E-state index in [1.54, 1.807) is 6.20 Å². The molecule has 0 spiro atoms. The highest BCUT2D eigenvalue weighted by molar-refractivity contribution is 5.86. The molecule has 19 heavy (non-hydrogen) atoms.